The molecule has 31 heavy (non-hydrogen) atoms. The number of hydrogen-bond donors (Lipinski definition) is 1. The number of hydrogen-bond acceptors (Lipinski definition) is 8. The summed E-state index contributed by atoms with van der Waals surface area (Å²) in [4.78, 5) is 11.6. The molecule has 1 N–H and O–H groups in total. The van der Waals surface area contributed by atoms with Gasteiger partial charge < -0.3 is 19.5 Å². The van der Waals surface area contributed by atoms with E-state index in [1.807, 2.05) is 17.5 Å². The molecular weight excluding hydrogens is 412 g/mol. The zero-order valence-electron chi connectivity index (χ0n) is 17.5. The summed E-state index contributed by atoms with van der Waals surface area (Å²) in [6, 6.07) is 10.2. The van der Waals surface area contributed by atoms with Crippen LogP contribution in [0.2, 0.25) is 0 Å². The van der Waals surface area contributed by atoms with Crippen molar-refractivity contribution in [1.82, 2.24) is 14.9 Å². The summed E-state index contributed by atoms with van der Waals surface area (Å²) in [5.74, 6) is 3.76. The van der Waals surface area contributed by atoms with Crippen LogP contribution in [0.25, 0.3) is 0 Å². The van der Waals surface area contributed by atoms with Crippen molar-refractivity contribution in [2.45, 2.75) is 25.3 Å². The monoisotopic (exact) mass is 438 g/mol. The predicted octanol–water partition coefficient (Wildman–Crippen LogP) is 4.44. The van der Waals surface area contributed by atoms with Crippen LogP contribution in [0, 0.1) is 0 Å². The van der Waals surface area contributed by atoms with Crippen LogP contribution < -0.4 is 19.5 Å². The van der Waals surface area contributed by atoms with E-state index in [-0.39, 0.29) is 0 Å². The van der Waals surface area contributed by atoms with Crippen molar-refractivity contribution >= 4 is 22.3 Å². The van der Waals surface area contributed by atoms with Crippen molar-refractivity contribution in [3.05, 3.63) is 53.2 Å². The van der Waals surface area contributed by atoms with Crippen LogP contribution >= 0.6 is 11.3 Å². The van der Waals surface area contributed by atoms with Crippen molar-refractivity contribution in [3.63, 3.8) is 0 Å². The summed E-state index contributed by atoms with van der Waals surface area (Å²) in [5, 5.41) is 6.12. The Balaban J connectivity index is 1.22. The molecule has 7 nitrogen and oxygen atoms in total. The van der Waals surface area contributed by atoms with E-state index >= 15 is 0 Å². The summed E-state index contributed by atoms with van der Waals surface area (Å²) < 4.78 is 17.1. The second-order valence-corrected chi connectivity index (χ2v) is 8.66. The molecule has 0 aliphatic carbocycles. The number of aromatic nitrogens is 2. The first-order valence-electron chi connectivity index (χ1n) is 10.6. The molecule has 3 aromatic rings. The molecule has 0 unspecified atom stereocenters. The summed E-state index contributed by atoms with van der Waals surface area (Å²) in [6.45, 7) is 4.05. The molecule has 2 aromatic heterocycles. The van der Waals surface area contributed by atoms with E-state index < -0.39 is 0 Å². The average Bonchev–Trinajstić information content (AvgIpc) is 3.32. The van der Waals surface area contributed by atoms with Gasteiger partial charge in [0.15, 0.2) is 16.6 Å². The van der Waals surface area contributed by atoms with Crippen molar-refractivity contribution in [2.24, 2.45) is 0 Å². The number of methoxy groups -OCH3 is 1. The number of nitrogens with one attached hydrogen (secondary N) is 1. The van der Waals surface area contributed by atoms with Gasteiger partial charge in [0.05, 0.1) is 7.11 Å². The zero-order valence-corrected chi connectivity index (χ0v) is 18.4. The van der Waals surface area contributed by atoms with Crippen LogP contribution in [0.4, 0.5) is 10.9 Å². The second kappa shape index (κ2) is 9.11. The smallest absolute Gasteiger partial charge is 0.188 e. The summed E-state index contributed by atoms with van der Waals surface area (Å²) in [6.07, 6.45) is 3.96. The molecule has 2 aliphatic rings. The number of pyridine rings is 1. The Kier molecular flexibility index (Phi) is 5.90. The van der Waals surface area contributed by atoms with Gasteiger partial charge >= 0.3 is 0 Å². The number of benzene rings is 1. The second-order valence-electron chi connectivity index (χ2n) is 7.77. The highest BCUT2D eigenvalue weighted by molar-refractivity contribution is 7.13. The molecule has 1 fully saturated rings. The molecule has 2 aliphatic heterocycles. The van der Waals surface area contributed by atoms with Crippen LogP contribution in [0.15, 0.2) is 41.9 Å². The van der Waals surface area contributed by atoms with Gasteiger partial charge in [-0.1, -0.05) is 6.07 Å². The number of thiazole rings is 1. The fourth-order valence-corrected chi connectivity index (χ4v) is 4.73. The number of fused-ring (bicyclic) bond motifs is 1. The molecule has 8 heteroatoms. The minimum absolute atomic E-state index is 0.469. The van der Waals surface area contributed by atoms with Crippen LogP contribution in [-0.4, -0.2) is 48.3 Å². The van der Waals surface area contributed by atoms with Gasteiger partial charge in [-0.05, 0) is 44.1 Å². The molecule has 0 bridgehead atoms. The normalized spacial score (nSPS) is 16.8. The Morgan fingerprint density at radius 1 is 1.16 bits per heavy atom. The SMILES string of the molecule is COc1cc2c(cc1CN1CCC(c3cccc(Nc4nccs4)n3)CC1)OCCO2. The molecule has 0 saturated carbocycles. The third-order valence-electron chi connectivity index (χ3n) is 5.78. The molecule has 0 spiro atoms. The van der Waals surface area contributed by atoms with Gasteiger partial charge in [-0.2, -0.15) is 0 Å². The molecule has 1 aromatic carbocycles. The van der Waals surface area contributed by atoms with E-state index in [0.29, 0.717) is 19.1 Å². The van der Waals surface area contributed by atoms with Crippen molar-refractivity contribution in [1.29, 1.82) is 0 Å². The van der Waals surface area contributed by atoms with Crippen LogP contribution in [0.1, 0.15) is 30.0 Å². The number of piperidine rings is 1. The maximum absolute atomic E-state index is 5.76. The maximum Gasteiger partial charge on any atom is 0.188 e. The van der Waals surface area contributed by atoms with Gasteiger partial charge in [-0.25, -0.2) is 9.97 Å². The number of rotatable bonds is 6. The Labute approximate surface area is 186 Å². The standard InChI is InChI=1S/C23H26N4O3S/c1-28-19-14-21-20(29-10-11-30-21)13-17(19)15-27-8-5-16(6-9-27)18-3-2-4-22(25-18)26-23-24-7-12-31-23/h2-4,7,12-14,16H,5-6,8-11,15H2,1H3,(H,24,25,26). The lowest BCUT2D eigenvalue weighted by atomic mass is 9.92. The van der Waals surface area contributed by atoms with Crippen LogP contribution in [0.3, 0.4) is 0 Å². The Bertz CT molecular complexity index is 1020. The third kappa shape index (κ3) is 4.60. The van der Waals surface area contributed by atoms with Gasteiger partial charge in [-0.3, -0.25) is 4.90 Å². The van der Waals surface area contributed by atoms with E-state index in [9.17, 15) is 0 Å². The number of anilines is 2. The molecule has 0 radical (unpaired) electrons. The molecule has 0 atom stereocenters. The number of likely N-dealkylation sites (tertiary alicyclic amines) is 1. The Morgan fingerprint density at radius 3 is 2.71 bits per heavy atom. The van der Waals surface area contributed by atoms with Crippen molar-refractivity contribution in [3.8, 4) is 17.2 Å². The molecule has 162 valence electrons. The van der Waals surface area contributed by atoms with E-state index in [2.05, 4.69) is 33.4 Å². The van der Waals surface area contributed by atoms with Gasteiger partial charge in [0.1, 0.15) is 24.8 Å². The molecule has 4 heterocycles. The van der Waals surface area contributed by atoms with E-state index in [1.54, 1.807) is 24.6 Å². The first kappa shape index (κ1) is 20.1. The van der Waals surface area contributed by atoms with Crippen LogP contribution in [0.5, 0.6) is 17.2 Å². The lowest BCUT2D eigenvalue weighted by molar-refractivity contribution is 0.169. The van der Waals surface area contributed by atoms with E-state index in [4.69, 9.17) is 19.2 Å². The first-order valence-corrected chi connectivity index (χ1v) is 11.5. The minimum atomic E-state index is 0.469. The fourth-order valence-electron chi connectivity index (χ4n) is 4.20. The number of nitrogens with zero attached hydrogens (tertiary/aromatic N) is 3. The van der Waals surface area contributed by atoms with Gasteiger partial charge in [-0.15, -0.1) is 11.3 Å². The largest absolute Gasteiger partial charge is 0.496 e. The highest BCUT2D eigenvalue weighted by atomic mass is 32.1. The topological polar surface area (TPSA) is 68.7 Å². The van der Waals surface area contributed by atoms with Gasteiger partial charge in [0.2, 0.25) is 0 Å². The molecule has 1 saturated heterocycles. The summed E-state index contributed by atoms with van der Waals surface area (Å²) in [7, 11) is 1.71. The fraction of sp³-hybridized carbons (Fsp3) is 0.391. The van der Waals surface area contributed by atoms with Crippen molar-refractivity contribution in [2.75, 3.05) is 38.7 Å². The number of ether oxygens (including phenoxy) is 3. The Morgan fingerprint density at radius 2 is 1.97 bits per heavy atom. The summed E-state index contributed by atoms with van der Waals surface area (Å²) in [5.41, 5.74) is 2.29. The van der Waals surface area contributed by atoms with Crippen LogP contribution in [-0.2, 0) is 6.54 Å². The van der Waals surface area contributed by atoms with E-state index in [0.717, 1.165) is 71.9 Å². The highest BCUT2D eigenvalue weighted by Crippen LogP contribution is 2.38. The Hall–Kier alpha value is -2.84. The molecular formula is C23H26N4O3S. The quantitative estimate of drug-likeness (QED) is 0.610. The van der Waals surface area contributed by atoms with E-state index in [1.165, 1.54) is 0 Å². The highest BCUT2D eigenvalue weighted by Gasteiger charge is 2.24. The third-order valence-corrected chi connectivity index (χ3v) is 6.47. The van der Waals surface area contributed by atoms with Crippen molar-refractivity contribution < 1.29 is 14.2 Å². The lowest BCUT2D eigenvalue weighted by Crippen LogP contribution is -2.33. The molecule has 5 rings (SSSR count). The lowest BCUT2D eigenvalue weighted by Gasteiger charge is -2.32. The molecule has 0 amide bonds. The average molecular weight is 439 g/mol. The first-order chi connectivity index (χ1) is 15.3. The maximum atomic E-state index is 5.76. The van der Waals surface area contributed by atoms with Gasteiger partial charge in [0.25, 0.3) is 0 Å². The van der Waals surface area contributed by atoms with Gasteiger partial charge in [0, 0.05) is 41.4 Å². The minimum Gasteiger partial charge on any atom is -0.496 e. The zero-order chi connectivity index (χ0) is 21.0. The summed E-state index contributed by atoms with van der Waals surface area (Å²) >= 11 is 1.58. The predicted molar refractivity (Wildman–Crippen MR) is 121 cm³/mol.